The first-order chi connectivity index (χ1) is 13.3. The number of ether oxygens (including phenoxy) is 2. The summed E-state index contributed by atoms with van der Waals surface area (Å²) in [5.41, 5.74) is 2.40. The molecule has 0 saturated carbocycles. The van der Waals surface area contributed by atoms with Crippen LogP contribution in [0.5, 0.6) is 11.5 Å². The van der Waals surface area contributed by atoms with E-state index >= 15 is 0 Å². The third-order valence-corrected chi connectivity index (χ3v) is 5.20. The number of nitrogens with one attached hydrogen (secondary N) is 1. The molecular formula is C18H13N5O3S. The van der Waals surface area contributed by atoms with Gasteiger partial charge in [0.15, 0.2) is 11.5 Å². The first-order valence-electron chi connectivity index (χ1n) is 8.20. The fourth-order valence-electron chi connectivity index (χ4n) is 2.99. The molecule has 9 heteroatoms. The Morgan fingerprint density at radius 1 is 1.11 bits per heavy atom. The van der Waals surface area contributed by atoms with Gasteiger partial charge >= 0.3 is 0 Å². The van der Waals surface area contributed by atoms with Crippen LogP contribution < -0.4 is 15.0 Å². The number of thioether (sulfide) groups is 1. The van der Waals surface area contributed by atoms with Crippen molar-refractivity contribution < 1.29 is 9.47 Å². The van der Waals surface area contributed by atoms with E-state index in [0.717, 1.165) is 22.2 Å². The summed E-state index contributed by atoms with van der Waals surface area (Å²) in [4.78, 5) is 14.8. The van der Waals surface area contributed by atoms with Crippen LogP contribution in [0.4, 0.5) is 0 Å². The van der Waals surface area contributed by atoms with E-state index in [-0.39, 0.29) is 12.4 Å². The van der Waals surface area contributed by atoms with Gasteiger partial charge in [-0.1, -0.05) is 30.0 Å². The summed E-state index contributed by atoms with van der Waals surface area (Å²) in [5, 5.41) is 13.6. The molecule has 27 heavy (non-hydrogen) atoms. The van der Waals surface area contributed by atoms with E-state index in [9.17, 15) is 4.79 Å². The van der Waals surface area contributed by atoms with Crippen LogP contribution in [-0.4, -0.2) is 32.0 Å². The Kier molecular flexibility index (Phi) is 3.79. The molecule has 1 aliphatic heterocycles. The summed E-state index contributed by atoms with van der Waals surface area (Å²) < 4.78 is 12.4. The number of hydrogen-bond acceptors (Lipinski definition) is 7. The van der Waals surface area contributed by atoms with E-state index < -0.39 is 0 Å². The number of aromatic nitrogens is 5. The molecule has 0 amide bonds. The standard InChI is InChI=1S/C18H13N5O3S/c24-17-7-11(13-3-1-2-4-14(13)19-17)9-27-18-20-21-22-23(18)12-5-6-15-16(8-12)26-10-25-15/h1-8H,9-10H2,(H,19,24). The predicted molar refractivity (Wildman–Crippen MR) is 99.4 cm³/mol. The molecule has 0 spiro atoms. The molecule has 5 rings (SSSR count). The zero-order valence-corrected chi connectivity index (χ0v) is 14.8. The van der Waals surface area contributed by atoms with Gasteiger partial charge in [-0.05, 0) is 34.2 Å². The Hall–Kier alpha value is -3.33. The quantitative estimate of drug-likeness (QED) is 0.544. The third kappa shape index (κ3) is 2.91. The number of rotatable bonds is 4. The number of nitrogens with zero attached hydrogens (tertiary/aromatic N) is 4. The summed E-state index contributed by atoms with van der Waals surface area (Å²) in [5.74, 6) is 1.94. The number of H-pyrrole nitrogens is 1. The number of fused-ring (bicyclic) bond motifs is 2. The Balaban J connectivity index is 1.45. The fourth-order valence-corrected chi connectivity index (χ4v) is 3.87. The van der Waals surface area contributed by atoms with Crippen LogP contribution in [0.15, 0.2) is 58.5 Å². The minimum atomic E-state index is -0.125. The first kappa shape index (κ1) is 15.9. The highest BCUT2D eigenvalue weighted by atomic mass is 32.2. The van der Waals surface area contributed by atoms with Gasteiger partial charge in [0.05, 0.1) is 5.69 Å². The molecule has 0 unspecified atom stereocenters. The molecule has 1 N–H and O–H groups in total. The smallest absolute Gasteiger partial charge is 0.248 e. The average molecular weight is 379 g/mol. The lowest BCUT2D eigenvalue weighted by atomic mass is 10.1. The van der Waals surface area contributed by atoms with Gasteiger partial charge in [-0.25, -0.2) is 0 Å². The van der Waals surface area contributed by atoms with Gasteiger partial charge in [0, 0.05) is 28.8 Å². The van der Waals surface area contributed by atoms with Crippen LogP contribution in [0.2, 0.25) is 0 Å². The number of pyridine rings is 1. The highest BCUT2D eigenvalue weighted by molar-refractivity contribution is 7.98. The maximum atomic E-state index is 11.9. The molecule has 0 fully saturated rings. The SMILES string of the molecule is O=c1cc(CSc2nnnn2-c2ccc3c(c2)OCO3)c2ccccc2[nH]1. The number of tetrazole rings is 1. The zero-order valence-electron chi connectivity index (χ0n) is 14.0. The highest BCUT2D eigenvalue weighted by Crippen LogP contribution is 2.34. The van der Waals surface area contributed by atoms with Crippen LogP contribution >= 0.6 is 11.8 Å². The summed E-state index contributed by atoms with van der Waals surface area (Å²) >= 11 is 1.46. The van der Waals surface area contributed by atoms with Crippen molar-refractivity contribution >= 4 is 22.7 Å². The molecule has 4 aromatic rings. The minimum Gasteiger partial charge on any atom is -0.454 e. The lowest BCUT2D eigenvalue weighted by Crippen LogP contribution is -2.06. The molecule has 134 valence electrons. The van der Waals surface area contributed by atoms with Crippen molar-refractivity contribution in [1.82, 2.24) is 25.2 Å². The maximum absolute atomic E-state index is 11.9. The largest absolute Gasteiger partial charge is 0.454 e. The van der Waals surface area contributed by atoms with Crippen molar-refractivity contribution in [2.24, 2.45) is 0 Å². The summed E-state index contributed by atoms with van der Waals surface area (Å²) in [6, 6.07) is 14.9. The van der Waals surface area contributed by atoms with Gasteiger partial charge in [0.1, 0.15) is 0 Å². The van der Waals surface area contributed by atoms with Crippen molar-refractivity contribution in [1.29, 1.82) is 0 Å². The second-order valence-corrected chi connectivity index (χ2v) is 6.85. The van der Waals surface area contributed by atoms with Crippen LogP contribution in [0.3, 0.4) is 0 Å². The van der Waals surface area contributed by atoms with E-state index in [0.29, 0.717) is 22.4 Å². The third-order valence-electron chi connectivity index (χ3n) is 4.23. The molecule has 2 aromatic carbocycles. The Labute approximate surface area is 157 Å². The second kappa shape index (κ2) is 6.44. The van der Waals surface area contributed by atoms with Crippen LogP contribution in [-0.2, 0) is 5.75 Å². The summed E-state index contributed by atoms with van der Waals surface area (Å²) in [7, 11) is 0. The van der Waals surface area contributed by atoms with Crippen LogP contribution in [0, 0.1) is 0 Å². The van der Waals surface area contributed by atoms with E-state index in [2.05, 4.69) is 20.5 Å². The van der Waals surface area contributed by atoms with E-state index in [4.69, 9.17) is 9.47 Å². The zero-order chi connectivity index (χ0) is 18.2. The summed E-state index contributed by atoms with van der Waals surface area (Å²) in [6.45, 7) is 0.214. The number of para-hydroxylation sites is 1. The van der Waals surface area contributed by atoms with Crippen molar-refractivity contribution in [3.8, 4) is 17.2 Å². The van der Waals surface area contributed by atoms with E-state index in [1.165, 1.54) is 11.8 Å². The van der Waals surface area contributed by atoms with E-state index in [1.807, 2.05) is 42.5 Å². The fraction of sp³-hybridized carbons (Fsp3) is 0.111. The molecule has 0 aliphatic carbocycles. The van der Waals surface area contributed by atoms with Gasteiger partial charge < -0.3 is 14.5 Å². The molecule has 2 aromatic heterocycles. The Morgan fingerprint density at radius 3 is 2.96 bits per heavy atom. The number of hydrogen-bond donors (Lipinski definition) is 1. The van der Waals surface area contributed by atoms with Gasteiger partial charge in [-0.3, -0.25) is 4.79 Å². The lowest BCUT2D eigenvalue weighted by Gasteiger charge is -2.07. The maximum Gasteiger partial charge on any atom is 0.248 e. The van der Waals surface area contributed by atoms with Crippen LogP contribution in [0.25, 0.3) is 16.6 Å². The molecule has 1 aliphatic rings. The normalized spacial score (nSPS) is 12.6. The van der Waals surface area contributed by atoms with Gasteiger partial charge in [-0.2, -0.15) is 4.68 Å². The van der Waals surface area contributed by atoms with Crippen molar-refractivity contribution in [3.05, 3.63) is 64.4 Å². The second-order valence-electron chi connectivity index (χ2n) is 5.90. The highest BCUT2D eigenvalue weighted by Gasteiger charge is 2.17. The topological polar surface area (TPSA) is 94.9 Å². The minimum absolute atomic E-state index is 0.125. The van der Waals surface area contributed by atoms with Gasteiger partial charge in [-0.15, -0.1) is 5.10 Å². The van der Waals surface area contributed by atoms with Crippen LogP contribution in [0.1, 0.15) is 5.56 Å². The van der Waals surface area contributed by atoms with Gasteiger partial charge in [0.2, 0.25) is 17.5 Å². The lowest BCUT2D eigenvalue weighted by molar-refractivity contribution is 0.174. The summed E-state index contributed by atoms with van der Waals surface area (Å²) in [6.07, 6.45) is 0. The molecular weight excluding hydrogens is 366 g/mol. The monoisotopic (exact) mass is 379 g/mol. The molecule has 0 atom stereocenters. The molecule has 3 heterocycles. The van der Waals surface area contributed by atoms with Crippen molar-refractivity contribution in [2.75, 3.05) is 6.79 Å². The van der Waals surface area contributed by atoms with E-state index in [1.54, 1.807) is 10.7 Å². The average Bonchev–Trinajstić information content (AvgIpc) is 3.34. The molecule has 8 nitrogen and oxygen atoms in total. The first-order valence-corrected chi connectivity index (χ1v) is 9.19. The number of aromatic amines is 1. The van der Waals surface area contributed by atoms with Crippen molar-refractivity contribution in [3.63, 3.8) is 0 Å². The molecule has 0 radical (unpaired) electrons. The Bertz CT molecular complexity index is 1200. The van der Waals surface area contributed by atoms with Crippen molar-refractivity contribution in [2.45, 2.75) is 10.9 Å². The Morgan fingerprint density at radius 2 is 2.00 bits per heavy atom. The van der Waals surface area contributed by atoms with Gasteiger partial charge in [0.25, 0.3) is 0 Å². The predicted octanol–water partition coefficient (Wildman–Crippen LogP) is 2.52. The number of benzene rings is 2. The molecule has 0 bridgehead atoms. The molecule has 0 saturated heterocycles.